The van der Waals surface area contributed by atoms with Gasteiger partial charge in [-0.25, -0.2) is 0 Å². The third kappa shape index (κ3) is 2.16. The maximum atomic E-state index is 11.4. The minimum Gasteiger partial charge on any atom is -0.481 e. The van der Waals surface area contributed by atoms with Crippen LogP contribution in [0.25, 0.3) is 0 Å². The molecule has 0 amide bonds. The Morgan fingerprint density at radius 2 is 1.76 bits per heavy atom. The van der Waals surface area contributed by atoms with E-state index in [-0.39, 0.29) is 5.41 Å². The summed E-state index contributed by atoms with van der Waals surface area (Å²) < 4.78 is 0. The smallest absolute Gasteiger partial charge is 0.310 e. The molecular weight excluding hydrogens is 259 g/mol. The van der Waals surface area contributed by atoms with Gasteiger partial charge in [0.15, 0.2) is 0 Å². The molecule has 1 N–H and O–H groups in total. The maximum Gasteiger partial charge on any atom is 0.310 e. The number of carboxylic acids is 1. The largest absolute Gasteiger partial charge is 0.481 e. The molecule has 0 radical (unpaired) electrons. The second kappa shape index (κ2) is 3.89. The van der Waals surface area contributed by atoms with Crippen LogP contribution in [0.5, 0.6) is 0 Å². The zero-order valence-corrected chi connectivity index (χ0v) is 11.3. The van der Waals surface area contributed by atoms with Gasteiger partial charge in [-0.05, 0) is 42.0 Å². The highest BCUT2D eigenvalue weighted by molar-refractivity contribution is 6.34. The summed E-state index contributed by atoms with van der Waals surface area (Å²) in [6, 6.07) is 5.22. The summed E-state index contributed by atoms with van der Waals surface area (Å²) in [6.07, 6.45) is 1.18. The van der Waals surface area contributed by atoms with E-state index in [1.54, 1.807) is 18.2 Å². The Hall–Kier alpha value is -0.730. The van der Waals surface area contributed by atoms with Crippen LogP contribution in [0.1, 0.15) is 25.8 Å². The summed E-state index contributed by atoms with van der Waals surface area (Å²) in [6.45, 7) is 3.96. The van der Waals surface area contributed by atoms with Gasteiger partial charge in [-0.3, -0.25) is 4.79 Å². The van der Waals surface area contributed by atoms with E-state index in [4.69, 9.17) is 23.2 Å². The van der Waals surface area contributed by atoms with Gasteiger partial charge in [0.05, 0.1) is 5.41 Å². The van der Waals surface area contributed by atoms with Crippen molar-refractivity contribution in [1.82, 2.24) is 0 Å². The molecular formula is C13H14Cl2O2. The lowest BCUT2D eigenvalue weighted by molar-refractivity contribution is -0.144. The first-order valence-corrected chi connectivity index (χ1v) is 6.21. The minimum atomic E-state index is -0.737. The number of aliphatic carboxylic acids is 1. The lowest BCUT2D eigenvalue weighted by Gasteiger charge is -2.16. The standard InChI is InChI=1S/C13H14Cl2O2/c1-12(2)7-13(12,11(16)17)6-8-3-9(14)5-10(15)4-8/h3-5H,6-7H2,1-2H3,(H,16,17). The summed E-state index contributed by atoms with van der Waals surface area (Å²) in [7, 11) is 0. The van der Waals surface area contributed by atoms with Crippen molar-refractivity contribution in [3.63, 3.8) is 0 Å². The molecule has 0 saturated heterocycles. The van der Waals surface area contributed by atoms with E-state index < -0.39 is 11.4 Å². The van der Waals surface area contributed by atoms with E-state index in [0.717, 1.165) is 5.56 Å². The van der Waals surface area contributed by atoms with Crippen LogP contribution in [-0.2, 0) is 11.2 Å². The molecule has 1 aromatic rings. The number of carbonyl (C=O) groups is 1. The van der Waals surface area contributed by atoms with Crippen molar-refractivity contribution in [2.75, 3.05) is 0 Å². The molecule has 1 aromatic carbocycles. The average Bonchev–Trinajstić information content (AvgIpc) is 2.67. The Morgan fingerprint density at radius 3 is 2.12 bits per heavy atom. The van der Waals surface area contributed by atoms with Gasteiger partial charge in [-0.1, -0.05) is 37.0 Å². The first kappa shape index (κ1) is 12.7. The monoisotopic (exact) mass is 272 g/mol. The van der Waals surface area contributed by atoms with Gasteiger partial charge in [0, 0.05) is 10.0 Å². The average molecular weight is 273 g/mol. The first-order valence-electron chi connectivity index (χ1n) is 5.45. The Bertz CT molecular complexity index is 462. The van der Waals surface area contributed by atoms with E-state index in [1.165, 1.54) is 0 Å². The lowest BCUT2D eigenvalue weighted by Crippen LogP contribution is -2.23. The summed E-state index contributed by atoms with van der Waals surface area (Å²) in [5.41, 5.74) is 0.0599. The molecule has 0 aliphatic heterocycles. The second-order valence-electron chi connectivity index (χ2n) is 5.40. The quantitative estimate of drug-likeness (QED) is 0.902. The first-order chi connectivity index (χ1) is 7.77. The van der Waals surface area contributed by atoms with Crippen molar-refractivity contribution in [1.29, 1.82) is 0 Å². The molecule has 0 aromatic heterocycles. The summed E-state index contributed by atoms with van der Waals surface area (Å²) in [5.74, 6) is -0.737. The van der Waals surface area contributed by atoms with Crippen molar-refractivity contribution in [2.45, 2.75) is 26.7 Å². The van der Waals surface area contributed by atoms with Gasteiger partial charge in [-0.15, -0.1) is 0 Å². The van der Waals surface area contributed by atoms with E-state index in [0.29, 0.717) is 22.9 Å². The Balaban J connectivity index is 2.29. The Labute approximate surface area is 111 Å². The van der Waals surface area contributed by atoms with Gasteiger partial charge >= 0.3 is 5.97 Å². The minimum absolute atomic E-state index is 0.159. The van der Waals surface area contributed by atoms with Gasteiger partial charge < -0.3 is 5.11 Å². The highest BCUT2D eigenvalue weighted by Gasteiger charge is 2.66. The van der Waals surface area contributed by atoms with Gasteiger partial charge in [0.1, 0.15) is 0 Å². The van der Waals surface area contributed by atoms with E-state index in [9.17, 15) is 9.90 Å². The van der Waals surface area contributed by atoms with Gasteiger partial charge in [0.2, 0.25) is 0 Å². The molecule has 1 aliphatic carbocycles. The molecule has 0 spiro atoms. The third-order valence-corrected chi connectivity index (χ3v) is 4.19. The number of benzene rings is 1. The third-order valence-electron chi connectivity index (χ3n) is 3.75. The van der Waals surface area contributed by atoms with Crippen LogP contribution in [0.2, 0.25) is 10.0 Å². The van der Waals surface area contributed by atoms with Crippen LogP contribution in [0.3, 0.4) is 0 Å². The van der Waals surface area contributed by atoms with Gasteiger partial charge in [-0.2, -0.15) is 0 Å². The molecule has 0 heterocycles. The molecule has 0 bridgehead atoms. The number of halogens is 2. The molecule has 1 fully saturated rings. The normalized spacial score (nSPS) is 25.6. The number of hydrogen-bond acceptors (Lipinski definition) is 1. The number of rotatable bonds is 3. The van der Waals surface area contributed by atoms with Crippen LogP contribution >= 0.6 is 23.2 Å². The number of hydrogen-bond donors (Lipinski definition) is 1. The fraction of sp³-hybridized carbons (Fsp3) is 0.462. The van der Waals surface area contributed by atoms with Crippen molar-refractivity contribution >= 4 is 29.2 Å². The fourth-order valence-corrected chi connectivity index (χ4v) is 3.09. The molecule has 1 saturated carbocycles. The fourth-order valence-electron chi connectivity index (χ4n) is 2.51. The summed E-state index contributed by atoms with van der Waals surface area (Å²) in [5, 5.41) is 10.5. The maximum absolute atomic E-state index is 11.4. The molecule has 2 rings (SSSR count). The van der Waals surface area contributed by atoms with Crippen molar-refractivity contribution in [2.24, 2.45) is 10.8 Å². The zero-order chi connectivity index (χ0) is 12.8. The van der Waals surface area contributed by atoms with Crippen LogP contribution < -0.4 is 0 Å². The predicted octanol–water partition coefficient (Wildman–Crippen LogP) is 4.04. The molecule has 1 unspecified atom stereocenters. The molecule has 4 heteroatoms. The van der Waals surface area contributed by atoms with Crippen LogP contribution in [0, 0.1) is 10.8 Å². The molecule has 17 heavy (non-hydrogen) atoms. The number of carboxylic acid groups (broad SMARTS) is 1. The van der Waals surface area contributed by atoms with Crippen molar-refractivity contribution in [3.05, 3.63) is 33.8 Å². The topological polar surface area (TPSA) is 37.3 Å². The molecule has 92 valence electrons. The molecule has 1 atom stereocenters. The van der Waals surface area contributed by atoms with Crippen LogP contribution in [0.15, 0.2) is 18.2 Å². The lowest BCUT2D eigenvalue weighted by atomic mass is 9.89. The van der Waals surface area contributed by atoms with E-state index >= 15 is 0 Å². The van der Waals surface area contributed by atoms with E-state index in [2.05, 4.69) is 0 Å². The Kier molecular flexibility index (Phi) is 2.91. The summed E-state index contributed by atoms with van der Waals surface area (Å²) in [4.78, 5) is 11.4. The van der Waals surface area contributed by atoms with Crippen molar-refractivity contribution in [3.8, 4) is 0 Å². The zero-order valence-electron chi connectivity index (χ0n) is 9.76. The highest BCUT2D eigenvalue weighted by atomic mass is 35.5. The predicted molar refractivity (Wildman–Crippen MR) is 68.6 cm³/mol. The summed E-state index contributed by atoms with van der Waals surface area (Å²) >= 11 is 11.8. The highest BCUT2D eigenvalue weighted by Crippen LogP contribution is 2.65. The van der Waals surface area contributed by atoms with Gasteiger partial charge in [0.25, 0.3) is 0 Å². The van der Waals surface area contributed by atoms with Crippen LogP contribution in [-0.4, -0.2) is 11.1 Å². The van der Waals surface area contributed by atoms with Crippen LogP contribution in [0.4, 0.5) is 0 Å². The SMILES string of the molecule is CC1(C)CC1(Cc1cc(Cl)cc(Cl)c1)C(=O)O. The Morgan fingerprint density at radius 1 is 1.29 bits per heavy atom. The second-order valence-corrected chi connectivity index (χ2v) is 6.28. The molecule has 2 nitrogen and oxygen atoms in total. The van der Waals surface area contributed by atoms with E-state index in [1.807, 2.05) is 13.8 Å². The molecule has 1 aliphatic rings. The van der Waals surface area contributed by atoms with Crippen molar-refractivity contribution < 1.29 is 9.90 Å².